The van der Waals surface area contributed by atoms with Gasteiger partial charge in [-0.1, -0.05) is 117 Å². The van der Waals surface area contributed by atoms with Crippen molar-refractivity contribution in [3.05, 3.63) is 115 Å². The summed E-state index contributed by atoms with van der Waals surface area (Å²) >= 11 is 5.30. The molecule has 1 aromatic rings. The van der Waals surface area contributed by atoms with Crippen molar-refractivity contribution in [1.82, 2.24) is 16.2 Å². The number of fused-ring (bicyclic) bond motifs is 2. The zero-order valence-electron chi connectivity index (χ0n) is 43.4. The summed E-state index contributed by atoms with van der Waals surface area (Å²) in [6.45, 7) is 6.78. The number of aliphatic hydroxyl groups is 10. The van der Waals surface area contributed by atoms with Crippen molar-refractivity contribution in [2.45, 2.75) is 183 Å². The first-order chi connectivity index (χ1) is 36.0. The number of nitrogens with one attached hydrogen (secondary N) is 4. The molecule has 76 heavy (non-hydrogen) atoms. The number of hydrogen-bond donors (Lipinski definition) is 15. The molecular formula is C54H81N5O16S. The van der Waals surface area contributed by atoms with Gasteiger partial charge in [0.05, 0.1) is 85.6 Å². The SMILES string of the molecule is C[C@@H]1[C@H](O)[C@@H](C)/C=C/C=C/C=C/C=C/C=C/C=C/C=C/[C@H](O[C@@H]2O[C@H](C)[C@@H](O)[C@H](N)[C@@H]2O)C[C@@H]2O[C@](O)(C[C@@H](O)C[C@@H](O)[C@H](O)CC[C@@H](O)C[C@@H](O)CC(=O)O[C@H]1C)C[C@H](O)[C@H]2NC(=O)NNC(=S)Nc1ccccc1. The van der Waals surface area contributed by atoms with Crippen molar-refractivity contribution in [2.75, 3.05) is 5.32 Å². The summed E-state index contributed by atoms with van der Waals surface area (Å²) in [5, 5.41) is 116. The number of benzene rings is 1. The van der Waals surface area contributed by atoms with E-state index in [2.05, 4.69) is 21.5 Å². The van der Waals surface area contributed by atoms with Crippen molar-refractivity contribution in [3.63, 3.8) is 0 Å². The number of cyclic esters (lactones) is 1. The molecule has 4 rings (SSSR count). The normalized spacial score (nSPS) is 40.3. The molecule has 0 unspecified atom stereocenters. The van der Waals surface area contributed by atoms with E-state index >= 15 is 0 Å². The van der Waals surface area contributed by atoms with E-state index in [4.69, 9.17) is 36.9 Å². The van der Waals surface area contributed by atoms with Crippen molar-refractivity contribution < 1.29 is 79.6 Å². The zero-order valence-corrected chi connectivity index (χ0v) is 44.2. The Balaban J connectivity index is 1.60. The Kier molecular flexibility index (Phi) is 27.1. The second kappa shape index (κ2) is 32.2. The predicted molar refractivity (Wildman–Crippen MR) is 287 cm³/mol. The lowest BCUT2D eigenvalue weighted by Crippen LogP contribution is -2.64. The molecule has 0 saturated carbocycles. The van der Waals surface area contributed by atoms with Gasteiger partial charge in [-0.2, -0.15) is 0 Å². The van der Waals surface area contributed by atoms with Gasteiger partial charge in [0.25, 0.3) is 0 Å². The maximum absolute atomic E-state index is 13.4. The second-order valence-corrected chi connectivity index (χ2v) is 20.2. The smallest absolute Gasteiger partial charge is 0.333 e. The minimum absolute atomic E-state index is 0.0285. The molecule has 0 radical (unpaired) electrons. The number of nitrogens with two attached hydrogens (primary N) is 1. The molecule has 3 heterocycles. The van der Waals surface area contributed by atoms with Gasteiger partial charge in [-0.3, -0.25) is 10.2 Å². The molecule has 0 spiro atoms. The third kappa shape index (κ3) is 22.0. The van der Waals surface area contributed by atoms with Crippen molar-refractivity contribution in [1.29, 1.82) is 0 Å². The van der Waals surface area contributed by atoms with Crippen LogP contribution in [0.4, 0.5) is 10.5 Å². The van der Waals surface area contributed by atoms with E-state index in [9.17, 15) is 60.7 Å². The van der Waals surface area contributed by atoms with Crippen LogP contribution in [0.25, 0.3) is 0 Å². The number of carbonyl (C=O) groups excluding carboxylic acids is 2. The number of rotatable bonds is 4. The van der Waals surface area contributed by atoms with E-state index in [0.717, 1.165) is 0 Å². The molecule has 3 aliphatic rings. The Bertz CT molecular complexity index is 2150. The fourth-order valence-corrected chi connectivity index (χ4v) is 8.99. The van der Waals surface area contributed by atoms with Gasteiger partial charge in [0.15, 0.2) is 17.2 Å². The summed E-state index contributed by atoms with van der Waals surface area (Å²) in [5.74, 6) is -3.79. The summed E-state index contributed by atoms with van der Waals surface area (Å²) in [5.41, 5.74) is 11.7. The van der Waals surface area contributed by atoms with Crippen LogP contribution in [0.3, 0.4) is 0 Å². The van der Waals surface area contributed by atoms with Crippen LogP contribution in [0.1, 0.15) is 79.1 Å². The number of aliphatic hydroxyl groups excluding tert-OH is 9. The molecule has 19 atom stereocenters. The third-order valence-electron chi connectivity index (χ3n) is 13.4. The highest BCUT2D eigenvalue weighted by molar-refractivity contribution is 7.80. The lowest BCUT2D eigenvalue weighted by atomic mass is 9.87. The van der Waals surface area contributed by atoms with E-state index < -0.39 is 147 Å². The summed E-state index contributed by atoms with van der Waals surface area (Å²) in [6.07, 6.45) is 4.12. The first-order valence-corrected chi connectivity index (χ1v) is 26.1. The first kappa shape index (κ1) is 63.8. The highest BCUT2D eigenvalue weighted by Gasteiger charge is 2.49. The Morgan fingerprint density at radius 3 is 1.92 bits per heavy atom. The van der Waals surface area contributed by atoms with Crippen molar-refractivity contribution in [3.8, 4) is 0 Å². The average molecular weight is 1090 g/mol. The number of para-hydroxylation sites is 1. The Hall–Kier alpha value is -4.73. The molecule has 2 bridgehead atoms. The molecule has 2 saturated heterocycles. The standard InChI is InChI=1S/C54H81N5O16S/c1-32-20-16-13-11-9-7-5-6-8-10-12-14-19-23-40(74-51-50(69)46(55)49(68)35(4)73-51)29-44-47(57-52(70)58-59-53(76)56-36-21-17-15-18-22-36)43(65)31-54(71,75-44)30-39(62)27-42(64)41(63)25-24-37(60)26-38(61)28-45(66)72-34(3)33(2)48(32)67/h5-23,32-35,37-44,46-51,60-65,67-69,71H,24-31,55H2,1-4H3,(H2,56,59,76)(H2,57,58,70)/b6-5+,9-7+,10-8+,13-11+,14-12+,20-16+,23-19+/t32-,33-,34-,35+,37+,38+,39-,40-,41+,42+,43-,44-,46-,47+,48+,49+,50-,51-,54+/m0/s1. The van der Waals surface area contributed by atoms with Gasteiger partial charge in [-0.15, -0.1) is 0 Å². The monoisotopic (exact) mass is 1090 g/mol. The number of hydrogen-bond acceptors (Lipinski definition) is 18. The number of esters is 1. The molecular weight excluding hydrogens is 1010 g/mol. The van der Waals surface area contributed by atoms with E-state index in [1.165, 1.54) is 0 Å². The van der Waals surface area contributed by atoms with Crippen LogP contribution in [0, 0.1) is 11.8 Å². The molecule has 0 aliphatic carbocycles. The van der Waals surface area contributed by atoms with Gasteiger partial charge in [0.1, 0.15) is 12.2 Å². The number of carbonyl (C=O) groups is 2. The minimum Gasteiger partial charge on any atom is -0.462 e. The molecule has 2 amide bonds. The minimum atomic E-state index is -2.31. The fourth-order valence-electron chi connectivity index (χ4n) is 8.82. The van der Waals surface area contributed by atoms with Crippen LogP contribution < -0.4 is 27.2 Å². The molecule has 2 fully saturated rings. The maximum atomic E-state index is 13.4. The van der Waals surface area contributed by atoms with Gasteiger partial charge < -0.3 is 86.4 Å². The van der Waals surface area contributed by atoms with Crippen LogP contribution in [0.2, 0.25) is 0 Å². The maximum Gasteiger partial charge on any atom is 0.333 e. The van der Waals surface area contributed by atoms with Crippen molar-refractivity contribution in [2.24, 2.45) is 17.6 Å². The number of allylic oxidation sites excluding steroid dienone is 12. The molecule has 21 nitrogen and oxygen atoms in total. The van der Waals surface area contributed by atoms with Crippen LogP contribution in [0.15, 0.2) is 115 Å². The fraction of sp³-hybridized carbons (Fsp3) is 0.574. The highest BCUT2D eigenvalue weighted by Crippen LogP contribution is 2.35. The first-order valence-electron chi connectivity index (χ1n) is 25.7. The van der Waals surface area contributed by atoms with Crippen LogP contribution in [-0.2, 0) is 23.7 Å². The largest absolute Gasteiger partial charge is 0.462 e. The molecule has 3 aliphatic heterocycles. The zero-order chi connectivity index (χ0) is 56.0. The van der Waals surface area contributed by atoms with Crippen molar-refractivity contribution >= 4 is 35.0 Å². The summed E-state index contributed by atoms with van der Waals surface area (Å²) in [6, 6.07) is 5.58. The van der Waals surface area contributed by atoms with E-state index in [-0.39, 0.29) is 36.7 Å². The molecule has 1 aromatic carbocycles. The lowest BCUT2D eigenvalue weighted by molar-refractivity contribution is -0.303. The van der Waals surface area contributed by atoms with Gasteiger partial charge in [-0.25, -0.2) is 10.2 Å². The number of hydrazine groups is 1. The molecule has 0 aromatic heterocycles. The number of thiocarbonyl (C=S) groups is 1. The van der Waals surface area contributed by atoms with E-state index in [1.807, 2.05) is 43.4 Å². The summed E-state index contributed by atoms with van der Waals surface area (Å²) in [4.78, 5) is 26.1. The van der Waals surface area contributed by atoms with Gasteiger partial charge >= 0.3 is 12.0 Å². The Morgan fingerprint density at radius 2 is 1.29 bits per heavy atom. The van der Waals surface area contributed by atoms with Crippen LogP contribution in [0.5, 0.6) is 0 Å². The number of anilines is 1. The van der Waals surface area contributed by atoms with Gasteiger partial charge in [0.2, 0.25) is 0 Å². The predicted octanol–water partition coefficient (Wildman–Crippen LogP) is 1.58. The molecule has 22 heteroatoms. The quantitative estimate of drug-likeness (QED) is 0.116. The second-order valence-electron chi connectivity index (χ2n) is 19.8. The lowest BCUT2D eigenvalue weighted by Gasteiger charge is -2.46. The third-order valence-corrected chi connectivity index (χ3v) is 13.6. The number of amides is 2. The Morgan fingerprint density at radius 1 is 0.684 bits per heavy atom. The Labute approximate surface area is 450 Å². The molecule has 16 N–H and O–H groups in total. The van der Waals surface area contributed by atoms with E-state index in [1.54, 1.807) is 99.7 Å². The van der Waals surface area contributed by atoms with Crippen LogP contribution >= 0.6 is 12.2 Å². The summed E-state index contributed by atoms with van der Waals surface area (Å²) < 4.78 is 23.8. The molecule has 424 valence electrons. The number of ether oxygens (including phenoxy) is 4. The van der Waals surface area contributed by atoms with E-state index in [0.29, 0.717) is 5.69 Å². The van der Waals surface area contributed by atoms with Gasteiger partial charge in [0, 0.05) is 43.2 Å². The summed E-state index contributed by atoms with van der Waals surface area (Å²) in [7, 11) is 0. The number of urea groups is 1. The van der Waals surface area contributed by atoms with Gasteiger partial charge in [-0.05, 0) is 57.5 Å². The van der Waals surface area contributed by atoms with Crippen LogP contribution in [-0.4, -0.2) is 172 Å². The highest BCUT2D eigenvalue weighted by atomic mass is 32.1. The average Bonchev–Trinajstić information content (AvgIpc) is 3.36. The topological polar surface area (TPSA) is 347 Å².